The third-order valence-electron chi connectivity index (χ3n) is 3.72. The van der Waals surface area contributed by atoms with E-state index in [1.807, 2.05) is 6.07 Å². The van der Waals surface area contributed by atoms with Crippen LogP contribution in [0.2, 0.25) is 18.1 Å². The molecule has 1 rings (SSSR count). The standard InChI is InChI=1S/C14H17F6OSi.ClH.Zn/c1-12(2,3)22(4,5)21-11-9(13(15,16)17)7-6-8-10(11)14(18,19)20;;/h7-8H,1-5H3;1H;/q-1;;+2/p-1. The van der Waals surface area contributed by atoms with Crippen LogP contribution in [-0.2, 0) is 29.7 Å². The molecule has 1 nitrogen and oxygen atoms in total. The average Bonchev–Trinajstić information content (AvgIpc) is 2.36. The number of alkyl halides is 6. The molecule has 0 aliphatic rings. The number of halogens is 7. The molecule has 0 fully saturated rings. The molecule has 0 aliphatic carbocycles. The maximum atomic E-state index is 13.0. The quantitative estimate of drug-likeness (QED) is 0.284. The van der Waals surface area contributed by atoms with Gasteiger partial charge in [-0.25, -0.2) is 0 Å². The van der Waals surface area contributed by atoms with Crippen molar-refractivity contribution < 1.29 is 48.1 Å². The normalized spacial score (nSPS) is 13.2. The van der Waals surface area contributed by atoms with Gasteiger partial charge >= 0.3 is 39.4 Å². The minimum absolute atomic E-state index is 0.484. The number of hydrogen-bond acceptors (Lipinski definition) is 1. The molecule has 0 N–H and O–H groups in total. The first-order valence-corrected chi connectivity index (χ1v) is 13.5. The van der Waals surface area contributed by atoms with E-state index < -0.39 is 42.6 Å². The monoisotopic (exact) mass is 442 g/mol. The van der Waals surface area contributed by atoms with Gasteiger partial charge in [-0.1, -0.05) is 20.8 Å². The Bertz CT molecular complexity index is 519. The van der Waals surface area contributed by atoms with Gasteiger partial charge in [0.15, 0.2) is 0 Å². The number of rotatable bonds is 2. The van der Waals surface area contributed by atoms with Crippen LogP contribution in [0.25, 0.3) is 0 Å². The molecule has 0 atom stereocenters. The molecule has 24 heavy (non-hydrogen) atoms. The van der Waals surface area contributed by atoms with Crippen molar-refractivity contribution in [1.82, 2.24) is 0 Å². The predicted octanol–water partition coefficient (Wildman–Crippen LogP) is 6.60. The summed E-state index contributed by atoms with van der Waals surface area (Å²) in [5.41, 5.74) is -2.90. The van der Waals surface area contributed by atoms with Crippen molar-refractivity contribution in [3.05, 3.63) is 29.3 Å². The zero-order valence-corrected chi connectivity index (χ0v) is 18.6. The molecule has 0 radical (unpaired) electrons. The molecule has 0 unspecified atom stereocenters. The third kappa shape index (κ3) is 5.92. The summed E-state index contributed by atoms with van der Waals surface area (Å²) in [5, 5.41) is -0.543. The van der Waals surface area contributed by atoms with Crippen molar-refractivity contribution >= 4 is 18.0 Å². The van der Waals surface area contributed by atoms with Gasteiger partial charge in [0.25, 0.3) is 0 Å². The minimum atomic E-state index is -4.95. The Morgan fingerprint density at radius 3 is 1.50 bits per heavy atom. The van der Waals surface area contributed by atoms with E-state index in [1.54, 1.807) is 33.9 Å². The fourth-order valence-corrected chi connectivity index (χ4v) is 2.46. The Kier molecular flexibility index (Phi) is 7.87. The van der Waals surface area contributed by atoms with Gasteiger partial charge in [0, 0.05) is 5.75 Å². The molecule has 0 saturated carbocycles. The van der Waals surface area contributed by atoms with E-state index in [9.17, 15) is 26.3 Å². The molecule has 0 heterocycles. The summed E-state index contributed by atoms with van der Waals surface area (Å²) in [6, 6.07) is 2.87. The van der Waals surface area contributed by atoms with E-state index in [-0.39, 0.29) is 0 Å². The van der Waals surface area contributed by atoms with Gasteiger partial charge in [-0.15, -0.1) is 0 Å². The van der Waals surface area contributed by atoms with Gasteiger partial charge in [-0.3, -0.25) is 0 Å². The van der Waals surface area contributed by atoms with E-state index >= 15 is 0 Å². The van der Waals surface area contributed by atoms with Crippen molar-refractivity contribution in [2.45, 2.75) is 51.3 Å². The summed E-state index contributed by atoms with van der Waals surface area (Å²) in [5.74, 6) is -1.15. The topological polar surface area (TPSA) is 9.23 Å². The van der Waals surface area contributed by atoms with E-state index in [0.717, 1.165) is 17.3 Å². The summed E-state index contributed by atoms with van der Waals surface area (Å²) in [7, 11) is 1.88. The molecule has 0 saturated heterocycles. The molecule has 0 amide bonds. The fraction of sp³-hybridized carbons (Fsp3) is 0.571. The predicted molar refractivity (Wildman–Crippen MR) is 79.0 cm³/mol. The van der Waals surface area contributed by atoms with Crippen LogP contribution in [0.5, 0.6) is 5.75 Å². The molecular weight excluding hydrogens is 427 g/mol. The molecule has 10 heteroatoms. The first kappa shape index (κ1) is 23.7. The molecule has 1 aromatic rings. The maximum absolute atomic E-state index is 13.0. The molecule has 0 aliphatic heterocycles. The molecular formula is C14H17ClF6OSiZn. The molecule has 134 valence electrons. The van der Waals surface area contributed by atoms with Crippen LogP contribution in [0.4, 0.5) is 26.3 Å². The SMILES string of the molecule is CC(C)(C)[Si](C)(C)Oc1c(C(F)(F)F)c[c-]cc1C(F)(F)F.[Cl][Zn+]. The van der Waals surface area contributed by atoms with E-state index in [2.05, 4.69) is 0 Å². The summed E-state index contributed by atoms with van der Waals surface area (Å²) in [4.78, 5) is 0. The third-order valence-corrected chi connectivity index (χ3v) is 8.05. The molecule has 1 aromatic carbocycles. The van der Waals surface area contributed by atoms with Gasteiger partial charge in [0.2, 0.25) is 8.32 Å². The summed E-state index contributed by atoms with van der Waals surface area (Å²) in [6.07, 6.45) is -9.90. The average molecular weight is 444 g/mol. The number of benzene rings is 1. The van der Waals surface area contributed by atoms with Crippen molar-refractivity contribution in [1.29, 1.82) is 0 Å². The fourth-order valence-electron chi connectivity index (χ4n) is 1.42. The zero-order valence-electron chi connectivity index (χ0n) is 13.9. The van der Waals surface area contributed by atoms with E-state index in [4.69, 9.17) is 14.1 Å². The van der Waals surface area contributed by atoms with Crippen LogP contribution >= 0.6 is 9.69 Å². The van der Waals surface area contributed by atoms with Crippen molar-refractivity contribution in [2.75, 3.05) is 0 Å². The van der Waals surface area contributed by atoms with Gasteiger partial charge in [0.05, 0.1) is 0 Å². The Morgan fingerprint density at radius 1 is 0.917 bits per heavy atom. The van der Waals surface area contributed by atoms with Gasteiger partial charge in [-0.2, -0.15) is 44.5 Å². The summed E-state index contributed by atoms with van der Waals surface area (Å²) < 4.78 is 83.6. The second-order valence-electron chi connectivity index (χ2n) is 6.47. The first-order chi connectivity index (χ1) is 10.6. The van der Waals surface area contributed by atoms with Crippen LogP contribution in [-0.4, -0.2) is 8.32 Å². The Morgan fingerprint density at radius 2 is 1.25 bits per heavy atom. The van der Waals surface area contributed by atoms with Crippen LogP contribution in [0, 0.1) is 6.07 Å². The van der Waals surface area contributed by atoms with Crippen LogP contribution in [0.3, 0.4) is 0 Å². The van der Waals surface area contributed by atoms with Gasteiger partial charge in [0.1, 0.15) is 0 Å². The van der Waals surface area contributed by atoms with Gasteiger partial charge in [-0.05, 0) is 29.3 Å². The van der Waals surface area contributed by atoms with Crippen molar-refractivity contribution in [3.63, 3.8) is 0 Å². The number of hydrogen-bond donors (Lipinski definition) is 0. The Labute approximate surface area is 152 Å². The molecule has 0 aromatic heterocycles. The van der Waals surface area contributed by atoms with Crippen molar-refractivity contribution in [2.24, 2.45) is 0 Å². The van der Waals surface area contributed by atoms with E-state index in [1.165, 1.54) is 0 Å². The summed E-state index contributed by atoms with van der Waals surface area (Å²) in [6.45, 7) is 8.37. The zero-order chi connectivity index (χ0) is 19.6. The Balaban J connectivity index is 0.00000254. The Hall–Kier alpha value is -0.270. The molecule has 0 spiro atoms. The van der Waals surface area contributed by atoms with Crippen molar-refractivity contribution in [3.8, 4) is 5.75 Å². The van der Waals surface area contributed by atoms with Crippen LogP contribution in [0.1, 0.15) is 31.9 Å². The second-order valence-corrected chi connectivity index (χ2v) is 11.2. The van der Waals surface area contributed by atoms with E-state index in [0.29, 0.717) is 12.1 Å². The van der Waals surface area contributed by atoms with Crippen LogP contribution in [0.15, 0.2) is 12.1 Å². The summed E-state index contributed by atoms with van der Waals surface area (Å²) >= 11 is 0.847. The van der Waals surface area contributed by atoms with Gasteiger partial charge < -0.3 is 4.43 Å². The second kappa shape index (κ2) is 7.96. The van der Waals surface area contributed by atoms with Crippen LogP contribution < -0.4 is 4.43 Å². The first-order valence-electron chi connectivity index (χ1n) is 6.71. The molecule has 0 bridgehead atoms.